The molecule has 0 aromatic carbocycles. The number of rotatable bonds is 4. The van der Waals surface area contributed by atoms with E-state index in [1.807, 2.05) is 0 Å². The second-order valence-electron chi connectivity index (χ2n) is 4.76. The van der Waals surface area contributed by atoms with Gasteiger partial charge in [0.25, 0.3) is 5.91 Å². The fourth-order valence-electron chi connectivity index (χ4n) is 1.88. The zero-order chi connectivity index (χ0) is 14.0. The Labute approximate surface area is 111 Å². The third-order valence-electron chi connectivity index (χ3n) is 2.93. The van der Waals surface area contributed by atoms with Crippen LogP contribution in [-0.2, 0) is 5.60 Å². The van der Waals surface area contributed by atoms with Crippen molar-refractivity contribution in [3.8, 4) is 0 Å². The summed E-state index contributed by atoms with van der Waals surface area (Å²) in [5, 5.41) is 12.9. The number of hydrogen-bond acceptors (Lipinski definition) is 4. The van der Waals surface area contributed by atoms with E-state index >= 15 is 0 Å². The minimum absolute atomic E-state index is 0.0585. The van der Waals surface area contributed by atoms with E-state index in [4.69, 9.17) is 8.83 Å². The van der Waals surface area contributed by atoms with Gasteiger partial charge in [-0.1, -0.05) is 0 Å². The highest BCUT2D eigenvalue weighted by Crippen LogP contribution is 2.20. The molecule has 0 aliphatic carbocycles. The average Bonchev–Trinajstić information content (AvgIpc) is 2.96. The van der Waals surface area contributed by atoms with Crippen LogP contribution in [0.2, 0.25) is 0 Å². The van der Waals surface area contributed by atoms with Gasteiger partial charge in [-0.25, -0.2) is 0 Å². The van der Waals surface area contributed by atoms with Crippen LogP contribution in [0.15, 0.2) is 33.3 Å². The molecule has 5 heteroatoms. The Morgan fingerprint density at radius 1 is 1.47 bits per heavy atom. The largest absolute Gasteiger partial charge is 0.466 e. The Hall–Kier alpha value is -2.01. The van der Waals surface area contributed by atoms with Gasteiger partial charge in [0, 0.05) is 0 Å². The molecule has 0 saturated heterocycles. The maximum atomic E-state index is 12.0. The summed E-state index contributed by atoms with van der Waals surface area (Å²) < 4.78 is 10.4. The number of aliphatic hydroxyl groups is 1. The van der Waals surface area contributed by atoms with Gasteiger partial charge in [-0.2, -0.15) is 0 Å². The lowest BCUT2D eigenvalue weighted by molar-refractivity contribution is 0.0330. The summed E-state index contributed by atoms with van der Waals surface area (Å²) in [6.45, 7) is 5.15. The van der Waals surface area contributed by atoms with Gasteiger partial charge in [0.2, 0.25) is 0 Å². The fraction of sp³-hybridized carbons (Fsp3) is 0.357. The van der Waals surface area contributed by atoms with Crippen molar-refractivity contribution in [1.29, 1.82) is 0 Å². The van der Waals surface area contributed by atoms with Gasteiger partial charge in [0.15, 0.2) is 0 Å². The summed E-state index contributed by atoms with van der Waals surface area (Å²) in [4.78, 5) is 12.0. The van der Waals surface area contributed by atoms with E-state index in [0.29, 0.717) is 22.8 Å². The molecule has 0 unspecified atom stereocenters. The first-order chi connectivity index (χ1) is 8.90. The molecule has 1 atom stereocenters. The third kappa shape index (κ3) is 2.88. The molecule has 2 aromatic rings. The average molecular weight is 263 g/mol. The molecular weight excluding hydrogens is 246 g/mol. The lowest BCUT2D eigenvalue weighted by Crippen LogP contribution is -2.38. The second-order valence-corrected chi connectivity index (χ2v) is 4.76. The molecular formula is C14H17NO4. The number of nitrogens with one attached hydrogen (secondary N) is 1. The first-order valence-electron chi connectivity index (χ1n) is 6.02. The molecule has 5 nitrogen and oxygen atoms in total. The van der Waals surface area contributed by atoms with Crippen LogP contribution in [0.3, 0.4) is 0 Å². The lowest BCUT2D eigenvalue weighted by Gasteiger charge is -2.20. The van der Waals surface area contributed by atoms with Crippen LogP contribution in [0, 0.1) is 13.8 Å². The molecule has 102 valence electrons. The van der Waals surface area contributed by atoms with Crippen molar-refractivity contribution in [3.05, 3.63) is 47.3 Å². The highest BCUT2D eigenvalue weighted by atomic mass is 16.4. The Morgan fingerprint density at radius 3 is 2.74 bits per heavy atom. The van der Waals surface area contributed by atoms with E-state index in [1.165, 1.54) is 6.26 Å². The zero-order valence-corrected chi connectivity index (χ0v) is 11.2. The second kappa shape index (κ2) is 4.93. The predicted molar refractivity (Wildman–Crippen MR) is 68.8 cm³/mol. The molecule has 2 N–H and O–H groups in total. The number of hydrogen-bond donors (Lipinski definition) is 2. The van der Waals surface area contributed by atoms with Crippen molar-refractivity contribution < 1.29 is 18.7 Å². The van der Waals surface area contributed by atoms with Crippen molar-refractivity contribution in [2.45, 2.75) is 26.4 Å². The van der Waals surface area contributed by atoms with Crippen LogP contribution < -0.4 is 5.32 Å². The highest BCUT2D eigenvalue weighted by molar-refractivity contribution is 5.95. The first-order valence-corrected chi connectivity index (χ1v) is 6.02. The van der Waals surface area contributed by atoms with Crippen LogP contribution in [0.1, 0.15) is 34.6 Å². The van der Waals surface area contributed by atoms with Gasteiger partial charge in [-0.15, -0.1) is 0 Å². The number of carbonyl (C=O) groups excluding carboxylic acids is 1. The van der Waals surface area contributed by atoms with Crippen LogP contribution in [0.4, 0.5) is 0 Å². The number of amides is 1. The molecule has 0 radical (unpaired) electrons. The Balaban J connectivity index is 2.03. The molecule has 0 bridgehead atoms. The van der Waals surface area contributed by atoms with Crippen molar-refractivity contribution in [3.63, 3.8) is 0 Å². The quantitative estimate of drug-likeness (QED) is 0.886. The van der Waals surface area contributed by atoms with Crippen LogP contribution in [0.25, 0.3) is 0 Å². The van der Waals surface area contributed by atoms with Gasteiger partial charge in [-0.05, 0) is 39.0 Å². The smallest absolute Gasteiger partial charge is 0.254 e. The number of aryl methyl sites for hydroxylation is 2. The van der Waals surface area contributed by atoms with Crippen molar-refractivity contribution in [2.75, 3.05) is 6.54 Å². The molecule has 0 fully saturated rings. The van der Waals surface area contributed by atoms with E-state index in [2.05, 4.69) is 5.32 Å². The summed E-state index contributed by atoms with van der Waals surface area (Å²) in [6, 6.07) is 5.03. The maximum absolute atomic E-state index is 12.0. The fourth-order valence-corrected chi connectivity index (χ4v) is 1.88. The third-order valence-corrected chi connectivity index (χ3v) is 2.93. The molecule has 0 saturated carbocycles. The summed E-state index contributed by atoms with van der Waals surface area (Å²) in [5.41, 5.74) is -0.765. The topological polar surface area (TPSA) is 75.6 Å². The van der Waals surface area contributed by atoms with Crippen LogP contribution in [-0.4, -0.2) is 17.6 Å². The molecule has 0 aliphatic heterocycles. The summed E-state index contributed by atoms with van der Waals surface area (Å²) in [7, 11) is 0. The molecule has 2 aromatic heterocycles. The van der Waals surface area contributed by atoms with E-state index in [1.54, 1.807) is 39.0 Å². The van der Waals surface area contributed by atoms with E-state index in [9.17, 15) is 9.90 Å². The van der Waals surface area contributed by atoms with Gasteiger partial charge in [0.1, 0.15) is 22.9 Å². The van der Waals surface area contributed by atoms with Gasteiger partial charge in [-0.3, -0.25) is 4.79 Å². The van der Waals surface area contributed by atoms with Crippen molar-refractivity contribution in [1.82, 2.24) is 5.32 Å². The van der Waals surface area contributed by atoms with Crippen molar-refractivity contribution >= 4 is 5.91 Å². The normalized spacial score (nSPS) is 14.1. The molecule has 19 heavy (non-hydrogen) atoms. The molecule has 2 rings (SSSR count). The van der Waals surface area contributed by atoms with Crippen LogP contribution in [0.5, 0.6) is 0 Å². The minimum Gasteiger partial charge on any atom is -0.466 e. The van der Waals surface area contributed by atoms with E-state index in [-0.39, 0.29) is 12.5 Å². The molecule has 2 heterocycles. The van der Waals surface area contributed by atoms with E-state index in [0.717, 1.165) is 0 Å². The Kier molecular flexibility index (Phi) is 3.48. The maximum Gasteiger partial charge on any atom is 0.254 e. The lowest BCUT2D eigenvalue weighted by atomic mass is 10.0. The molecule has 0 aliphatic rings. The Bertz CT molecular complexity index is 566. The number of carbonyl (C=O) groups is 1. The van der Waals surface area contributed by atoms with Gasteiger partial charge < -0.3 is 19.3 Å². The van der Waals surface area contributed by atoms with Crippen LogP contribution >= 0.6 is 0 Å². The zero-order valence-electron chi connectivity index (χ0n) is 11.2. The van der Waals surface area contributed by atoms with E-state index < -0.39 is 5.60 Å². The predicted octanol–water partition coefficient (Wildman–Crippen LogP) is 2.13. The monoisotopic (exact) mass is 263 g/mol. The van der Waals surface area contributed by atoms with Gasteiger partial charge >= 0.3 is 0 Å². The SMILES string of the molecule is Cc1cc(C(=O)NC[C@](C)(O)c2ccco2)c(C)o1. The minimum atomic E-state index is -1.24. The Morgan fingerprint density at radius 2 is 2.21 bits per heavy atom. The first kappa shape index (κ1) is 13.4. The summed E-state index contributed by atoms with van der Waals surface area (Å²) >= 11 is 0. The van der Waals surface area contributed by atoms with Gasteiger partial charge in [0.05, 0.1) is 18.4 Å². The van der Waals surface area contributed by atoms with Crippen molar-refractivity contribution in [2.24, 2.45) is 0 Å². The highest BCUT2D eigenvalue weighted by Gasteiger charge is 2.27. The number of furan rings is 2. The standard InChI is InChI=1S/C14H17NO4/c1-9-7-11(10(2)19-9)13(16)15-8-14(3,17)12-5-4-6-18-12/h4-7,17H,8H2,1-3H3,(H,15,16)/t14-/m0/s1. The summed E-state index contributed by atoms with van der Waals surface area (Å²) in [5.74, 6) is 1.38. The molecule has 1 amide bonds. The molecule has 0 spiro atoms. The summed E-state index contributed by atoms with van der Waals surface area (Å²) in [6.07, 6.45) is 1.48.